The fourth-order valence-electron chi connectivity index (χ4n) is 13.7. The Morgan fingerprint density at radius 2 is 0.824 bits per heavy atom. The molecular formula is C72H46N2. The Morgan fingerprint density at radius 3 is 1.55 bits per heavy atom. The second-order valence-corrected chi connectivity index (χ2v) is 20.0. The highest BCUT2D eigenvalue weighted by molar-refractivity contribution is 6.11. The maximum Gasteiger partial charge on any atom is 0.0726 e. The van der Waals surface area contributed by atoms with E-state index < -0.39 is 10.8 Å². The molecule has 0 saturated carbocycles. The molecule has 13 aromatic rings. The lowest BCUT2D eigenvalue weighted by Crippen LogP contribution is -2.32. The Morgan fingerprint density at radius 1 is 0.324 bits per heavy atom. The Kier molecular flexibility index (Phi) is 7.81. The molecule has 344 valence electrons. The monoisotopic (exact) mass is 942 g/mol. The van der Waals surface area contributed by atoms with Crippen molar-refractivity contribution in [1.29, 1.82) is 0 Å². The van der Waals surface area contributed by atoms with Crippen molar-refractivity contribution in [2.45, 2.75) is 10.8 Å². The minimum absolute atomic E-state index is 0.0256. The van der Waals surface area contributed by atoms with Gasteiger partial charge >= 0.3 is 0 Å². The van der Waals surface area contributed by atoms with E-state index in [-0.39, 0.29) is 24.2 Å². The second kappa shape index (κ2) is 15.5. The SMILES string of the molecule is [2H]c1c([2H])c([2H])c2c(c1[2H])-c1ccc(N(c3ccc4c(c3)C(c3ccccc3)(c3ccccc3)c3ccccc3-4)c3ccc4c5ccccc5n(-c5ccccc5)c4c3)cc1C21c2ccccc2-c2cccc3cccc1c23. The van der Waals surface area contributed by atoms with Gasteiger partial charge in [-0.25, -0.2) is 0 Å². The van der Waals surface area contributed by atoms with Crippen molar-refractivity contribution in [3.8, 4) is 39.1 Å². The molecule has 3 aliphatic carbocycles. The molecule has 1 heterocycles. The summed E-state index contributed by atoms with van der Waals surface area (Å²) in [5, 5.41) is 4.48. The fourth-order valence-corrected chi connectivity index (χ4v) is 13.7. The van der Waals surface area contributed by atoms with Crippen LogP contribution in [0.2, 0.25) is 0 Å². The van der Waals surface area contributed by atoms with E-state index in [0.29, 0.717) is 11.1 Å². The van der Waals surface area contributed by atoms with Crippen LogP contribution < -0.4 is 4.90 Å². The van der Waals surface area contributed by atoms with Gasteiger partial charge in [-0.2, -0.15) is 0 Å². The van der Waals surface area contributed by atoms with Gasteiger partial charge in [-0.15, -0.1) is 0 Å². The van der Waals surface area contributed by atoms with Gasteiger partial charge in [-0.3, -0.25) is 0 Å². The first-order valence-electron chi connectivity index (χ1n) is 27.5. The van der Waals surface area contributed by atoms with Gasteiger partial charge in [-0.05, 0) is 143 Å². The maximum absolute atomic E-state index is 9.99. The molecule has 2 heteroatoms. The molecule has 0 fully saturated rings. The van der Waals surface area contributed by atoms with Crippen molar-refractivity contribution < 1.29 is 5.48 Å². The number of nitrogens with zero attached hydrogens (tertiary/aromatic N) is 2. The largest absolute Gasteiger partial charge is 0.310 e. The molecule has 1 atom stereocenters. The van der Waals surface area contributed by atoms with E-state index in [1.165, 1.54) is 38.8 Å². The van der Waals surface area contributed by atoms with E-state index in [2.05, 4.69) is 264 Å². The number of para-hydroxylation sites is 2. The zero-order valence-corrected chi connectivity index (χ0v) is 40.1. The molecule has 0 N–H and O–H groups in total. The van der Waals surface area contributed by atoms with Crippen molar-refractivity contribution in [1.82, 2.24) is 4.57 Å². The van der Waals surface area contributed by atoms with Gasteiger partial charge in [0.2, 0.25) is 0 Å². The first-order chi connectivity index (χ1) is 38.4. The van der Waals surface area contributed by atoms with Crippen molar-refractivity contribution in [2.24, 2.45) is 0 Å². The Balaban J connectivity index is 1.03. The zero-order chi connectivity index (χ0) is 52.0. The third-order valence-electron chi connectivity index (χ3n) is 16.6. The molecule has 0 saturated heterocycles. The van der Waals surface area contributed by atoms with Crippen LogP contribution in [0.25, 0.3) is 71.6 Å². The maximum atomic E-state index is 9.99. The smallest absolute Gasteiger partial charge is 0.0726 e. The van der Waals surface area contributed by atoms with Crippen LogP contribution in [0.1, 0.15) is 50.0 Å². The standard InChI is InChI=1S/C72H46N2/c1-4-22-48(23-5-1)71(49-24-6-2-7-25-49)62-33-14-10-28-54(62)57-41-38-51(44-66(57)71)73(53-40-43-60-59-31-13-17-37-68(59)74(69(60)46-53)50-26-8-3-9-27-50)52-39-42-58-55-29-11-15-34-63(55)72(67(58)45-52)64-35-16-12-30-56(64)61-32-18-20-47-21-19-36-65(72)70(47)61/h1-46H/i11D,15D,29D,34D. The van der Waals surface area contributed by atoms with Crippen LogP contribution >= 0.6 is 0 Å². The minimum Gasteiger partial charge on any atom is -0.310 e. The fraction of sp³-hybridized carbons (Fsp3) is 0.0278. The highest BCUT2D eigenvalue weighted by Crippen LogP contribution is 2.63. The van der Waals surface area contributed by atoms with Gasteiger partial charge in [-0.1, -0.05) is 224 Å². The van der Waals surface area contributed by atoms with Gasteiger partial charge < -0.3 is 9.47 Å². The average molecular weight is 943 g/mol. The predicted octanol–water partition coefficient (Wildman–Crippen LogP) is 18.1. The molecule has 0 radical (unpaired) electrons. The molecule has 2 nitrogen and oxygen atoms in total. The number of hydrogen-bond acceptors (Lipinski definition) is 1. The molecule has 0 amide bonds. The number of rotatable bonds is 6. The van der Waals surface area contributed by atoms with Gasteiger partial charge in [0.05, 0.1) is 27.3 Å². The minimum atomic E-state index is -1.12. The lowest BCUT2D eigenvalue weighted by atomic mass is 9.61. The van der Waals surface area contributed by atoms with E-state index in [0.717, 1.165) is 83.3 Å². The van der Waals surface area contributed by atoms with Gasteiger partial charge in [0, 0.05) is 33.5 Å². The Labute approximate surface area is 436 Å². The second-order valence-electron chi connectivity index (χ2n) is 20.0. The summed E-state index contributed by atoms with van der Waals surface area (Å²) in [6.07, 6.45) is 0. The highest BCUT2D eigenvalue weighted by Gasteiger charge is 2.51. The quantitative estimate of drug-likeness (QED) is 0.161. The number of hydrogen-bond donors (Lipinski definition) is 0. The van der Waals surface area contributed by atoms with Crippen LogP contribution in [0.3, 0.4) is 0 Å². The van der Waals surface area contributed by atoms with E-state index in [4.69, 9.17) is 1.37 Å². The van der Waals surface area contributed by atoms with Crippen LogP contribution in [0, 0.1) is 0 Å². The number of fused-ring (bicyclic) bond motifs is 15. The molecule has 1 aromatic heterocycles. The summed E-state index contributed by atoms with van der Waals surface area (Å²) in [5.74, 6) is 0. The lowest BCUT2D eigenvalue weighted by Gasteiger charge is -2.40. The summed E-state index contributed by atoms with van der Waals surface area (Å²) in [4.78, 5) is 2.39. The van der Waals surface area contributed by atoms with Crippen LogP contribution in [0.5, 0.6) is 0 Å². The number of aromatic nitrogens is 1. The highest BCUT2D eigenvalue weighted by atomic mass is 15.1. The molecule has 74 heavy (non-hydrogen) atoms. The molecule has 0 bridgehead atoms. The molecular weight excluding hydrogens is 893 g/mol. The van der Waals surface area contributed by atoms with E-state index in [1.807, 2.05) is 0 Å². The normalized spacial score (nSPS) is 15.9. The molecule has 3 aliphatic rings. The summed E-state index contributed by atoms with van der Waals surface area (Å²) < 4.78 is 40.6. The first kappa shape index (κ1) is 37.3. The predicted molar refractivity (Wildman–Crippen MR) is 307 cm³/mol. The van der Waals surface area contributed by atoms with Crippen LogP contribution in [0.15, 0.2) is 279 Å². The van der Waals surface area contributed by atoms with Gasteiger partial charge in [0.25, 0.3) is 0 Å². The van der Waals surface area contributed by atoms with Crippen molar-refractivity contribution >= 4 is 49.6 Å². The number of anilines is 3. The van der Waals surface area contributed by atoms with Crippen LogP contribution in [-0.4, -0.2) is 4.57 Å². The Hall–Kier alpha value is -9.50. The topological polar surface area (TPSA) is 8.17 Å². The van der Waals surface area contributed by atoms with E-state index in [1.54, 1.807) is 0 Å². The summed E-state index contributed by atoms with van der Waals surface area (Å²) >= 11 is 0. The van der Waals surface area contributed by atoms with Crippen molar-refractivity contribution in [3.05, 3.63) is 323 Å². The third kappa shape index (κ3) is 5.39. The first-order valence-corrected chi connectivity index (χ1v) is 25.5. The molecule has 1 unspecified atom stereocenters. The summed E-state index contributed by atoms with van der Waals surface area (Å²) in [5.41, 5.74) is 18.4. The zero-order valence-electron chi connectivity index (χ0n) is 44.1. The van der Waals surface area contributed by atoms with E-state index in [9.17, 15) is 4.11 Å². The summed E-state index contributed by atoms with van der Waals surface area (Å²) in [6.45, 7) is 0. The van der Waals surface area contributed by atoms with Gasteiger partial charge in [0.1, 0.15) is 0 Å². The molecule has 16 rings (SSSR count). The summed E-state index contributed by atoms with van der Waals surface area (Å²) in [6, 6.07) is 91.3. The lowest BCUT2D eigenvalue weighted by molar-refractivity contribution is 0.768. The number of benzene rings is 12. The van der Waals surface area contributed by atoms with E-state index >= 15 is 0 Å². The van der Waals surface area contributed by atoms with Gasteiger partial charge in [0.15, 0.2) is 0 Å². The average Bonchev–Trinajstić information content (AvgIpc) is 4.30. The van der Waals surface area contributed by atoms with Crippen molar-refractivity contribution in [2.75, 3.05) is 4.90 Å². The molecule has 0 aliphatic heterocycles. The Bertz CT molecular complexity index is 4640. The molecule has 12 aromatic carbocycles. The molecule has 1 spiro atoms. The summed E-state index contributed by atoms with van der Waals surface area (Å²) in [7, 11) is 0. The third-order valence-corrected chi connectivity index (χ3v) is 16.6. The van der Waals surface area contributed by atoms with Crippen molar-refractivity contribution in [3.63, 3.8) is 0 Å². The van der Waals surface area contributed by atoms with Crippen LogP contribution in [-0.2, 0) is 10.8 Å². The van der Waals surface area contributed by atoms with Crippen LogP contribution in [0.4, 0.5) is 17.1 Å².